The van der Waals surface area contributed by atoms with Gasteiger partial charge in [0, 0.05) is 5.39 Å². The van der Waals surface area contributed by atoms with Gasteiger partial charge in [-0.25, -0.2) is 14.5 Å². The zero-order valence-corrected chi connectivity index (χ0v) is 24.7. The molecule has 0 fully saturated rings. The Kier molecular flexibility index (Phi) is 9.31. The third-order valence-corrected chi connectivity index (χ3v) is 7.81. The molecule has 0 aliphatic carbocycles. The second-order valence-electron chi connectivity index (χ2n) is 10.1. The van der Waals surface area contributed by atoms with Crippen LogP contribution in [0, 0.1) is 0 Å². The average molecular weight is 585 g/mol. The van der Waals surface area contributed by atoms with E-state index in [2.05, 4.69) is 15.4 Å². The van der Waals surface area contributed by atoms with E-state index in [1.54, 1.807) is 48.7 Å². The Morgan fingerprint density at radius 3 is 2.49 bits per heavy atom. The zero-order chi connectivity index (χ0) is 29.8. The van der Waals surface area contributed by atoms with E-state index in [9.17, 15) is 14.5 Å². The summed E-state index contributed by atoms with van der Waals surface area (Å²) in [5.41, 5.74) is 8.06. The molecule has 0 spiro atoms. The Balaban J connectivity index is 1.73. The maximum atomic E-state index is 14.1. The fourth-order valence-electron chi connectivity index (χ4n) is 4.34. The molecule has 2 aromatic heterocycles. The highest BCUT2D eigenvalue weighted by molar-refractivity contribution is 7.52. The molecule has 12 nitrogen and oxygen atoms in total. The van der Waals surface area contributed by atoms with Crippen LogP contribution in [-0.2, 0) is 31.7 Å². The number of nitrogens with zero attached hydrogens (tertiary/aromatic N) is 3. The lowest BCUT2D eigenvalue weighted by atomic mass is 10.2. The summed E-state index contributed by atoms with van der Waals surface area (Å²) in [6.45, 7) is 9.06. The van der Waals surface area contributed by atoms with E-state index in [1.807, 2.05) is 31.2 Å². The normalized spacial score (nSPS) is 15.5. The van der Waals surface area contributed by atoms with Crippen LogP contribution in [-0.4, -0.2) is 50.1 Å². The van der Waals surface area contributed by atoms with Gasteiger partial charge in [-0.2, -0.15) is 5.09 Å². The third kappa shape index (κ3) is 7.41. The molecule has 4 aromatic rings. The van der Waals surface area contributed by atoms with Gasteiger partial charge in [0.2, 0.25) is 0 Å². The number of fused-ring (bicyclic) bond motifs is 3. The molecule has 0 radical (unpaired) electrons. The fourth-order valence-corrected chi connectivity index (χ4v) is 6.04. The van der Waals surface area contributed by atoms with Crippen molar-refractivity contribution in [3.63, 3.8) is 0 Å². The monoisotopic (exact) mass is 584 g/mol. The molecule has 0 saturated carbocycles. The summed E-state index contributed by atoms with van der Waals surface area (Å²) in [4.78, 5) is 21.7. The Hall–Kier alpha value is -3.54. The molecule has 2 aromatic carbocycles. The number of aromatic nitrogens is 3. The van der Waals surface area contributed by atoms with Gasteiger partial charge in [0.1, 0.15) is 23.1 Å². The Bertz CT molecular complexity index is 1560. The van der Waals surface area contributed by atoms with E-state index in [4.69, 9.17) is 24.5 Å². The van der Waals surface area contributed by atoms with Crippen molar-refractivity contribution in [3.8, 4) is 5.75 Å². The van der Waals surface area contributed by atoms with Gasteiger partial charge in [-0.3, -0.25) is 9.32 Å². The summed E-state index contributed by atoms with van der Waals surface area (Å²) in [5, 5.41) is 18.2. The quantitative estimate of drug-likeness (QED) is 0.102. The van der Waals surface area contributed by atoms with Gasteiger partial charge < -0.3 is 30.0 Å². The van der Waals surface area contributed by atoms with Crippen LogP contribution in [0.25, 0.3) is 21.9 Å². The first kappa shape index (κ1) is 30.4. The number of carbonyl (C=O) groups is 1. The van der Waals surface area contributed by atoms with Crippen molar-refractivity contribution in [1.82, 2.24) is 24.9 Å². The summed E-state index contributed by atoms with van der Waals surface area (Å²) in [7, 11) is -4.38. The highest BCUT2D eigenvalue weighted by Crippen LogP contribution is 2.48. The summed E-state index contributed by atoms with van der Waals surface area (Å²) in [6, 6.07) is 14.7. The number of nitrogens with one attached hydrogen (secondary N) is 2. The van der Waals surface area contributed by atoms with Crippen LogP contribution in [0.15, 0.2) is 54.6 Å². The number of benzene rings is 2. The SMILES string of the molecule is CCNCc1nc2c(N)nc3ccccc3c2n1CC(C)(O)O[P@@](=O)(N[C@H](C)C(=O)OC(C)C)Oc1ccccc1. The second kappa shape index (κ2) is 12.5. The van der Waals surface area contributed by atoms with E-state index in [1.165, 1.54) is 13.8 Å². The molecular formula is C28H37N6O6P. The smallest absolute Gasteiger partial charge is 0.462 e. The topological polar surface area (TPSA) is 163 Å². The van der Waals surface area contributed by atoms with Gasteiger partial charge in [-0.05, 0) is 52.4 Å². The number of para-hydroxylation sites is 2. The number of nitrogens with two attached hydrogens (primary N) is 1. The predicted octanol–water partition coefficient (Wildman–Crippen LogP) is 4.12. The number of aliphatic hydroxyl groups is 1. The van der Waals surface area contributed by atoms with Crippen LogP contribution >= 0.6 is 7.75 Å². The van der Waals surface area contributed by atoms with Crippen molar-refractivity contribution in [3.05, 3.63) is 60.4 Å². The van der Waals surface area contributed by atoms with Crippen LogP contribution in [0.3, 0.4) is 0 Å². The van der Waals surface area contributed by atoms with E-state index in [-0.39, 0.29) is 24.2 Å². The lowest BCUT2D eigenvalue weighted by Gasteiger charge is -2.31. The molecule has 220 valence electrons. The Morgan fingerprint density at radius 1 is 1.12 bits per heavy atom. The number of carbonyl (C=O) groups excluding carboxylic acids is 1. The van der Waals surface area contributed by atoms with Crippen molar-refractivity contribution >= 4 is 41.5 Å². The van der Waals surface area contributed by atoms with E-state index in [0.717, 1.165) is 5.39 Å². The van der Waals surface area contributed by atoms with Crippen molar-refractivity contribution in [2.45, 2.75) is 65.6 Å². The number of hydrogen-bond donors (Lipinski definition) is 4. The summed E-state index contributed by atoms with van der Waals surface area (Å²) >= 11 is 0. The number of anilines is 1. The van der Waals surface area contributed by atoms with Crippen molar-refractivity contribution in [1.29, 1.82) is 0 Å². The van der Waals surface area contributed by atoms with Gasteiger partial charge >= 0.3 is 13.7 Å². The van der Waals surface area contributed by atoms with Crippen LogP contribution in [0.1, 0.15) is 40.4 Å². The predicted molar refractivity (Wildman–Crippen MR) is 157 cm³/mol. The number of esters is 1. The molecule has 0 amide bonds. The molecule has 2 heterocycles. The summed E-state index contributed by atoms with van der Waals surface area (Å²) in [6.07, 6.45) is -0.383. The highest BCUT2D eigenvalue weighted by Gasteiger charge is 2.40. The number of nitrogen functional groups attached to an aromatic ring is 1. The molecular weight excluding hydrogens is 547 g/mol. The first-order chi connectivity index (χ1) is 19.4. The van der Waals surface area contributed by atoms with Crippen LogP contribution in [0.4, 0.5) is 5.82 Å². The number of hydrogen-bond acceptors (Lipinski definition) is 10. The fraction of sp³-hybridized carbons (Fsp3) is 0.393. The highest BCUT2D eigenvalue weighted by atomic mass is 31.2. The molecule has 0 saturated heterocycles. The molecule has 13 heteroatoms. The van der Waals surface area contributed by atoms with Crippen LogP contribution in [0.5, 0.6) is 5.75 Å². The maximum absolute atomic E-state index is 14.1. The molecule has 3 atom stereocenters. The van der Waals surface area contributed by atoms with Crippen LogP contribution < -0.4 is 20.7 Å². The van der Waals surface area contributed by atoms with Crippen molar-refractivity contribution in [2.75, 3.05) is 12.3 Å². The molecule has 0 aliphatic heterocycles. The first-order valence-corrected chi connectivity index (χ1v) is 15.0. The standard InChI is InChI=1S/C28H37N6O6P/c1-6-30-16-23-32-24-25(21-14-10-11-15-22(21)31-26(24)29)34(23)17-28(5,36)40-41(37,39-20-12-8-7-9-13-20)33-19(4)27(35)38-18(2)3/h7-15,18-19,30,36H,6,16-17H2,1-5H3,(H2,29,31)(H,33,37)/t19-,28?,41-/m1/s1. The lowest BCUT2D eigenvalue weighted by molar-refractivity contribution is -0.150. The Morgan fingerprint density at radius 2 is 1.80 bits per heavy atom. The molecule has 41 heavy (non-hydrogen) atoms. The minimum absolute atomic E-state index is 0.202. The van der Waals surface area contributed by atoms with Gasteiger partial charge in [0.05, 0.1) is 30.2 Å². The number of pyridine rings is 1. The lowest BCUT2D eigenvalue weighted by Crippen LogP contribution is -2.41. The van der Waals surface area contributed by atoms with E-state index >= 15 is 0 Å². The first-order valence-electron chi connectivity index (χ1n) is 13.4. The minimum atomic E-state index is -4.38. The summed E-state index contributed by atoms with van der Waals surface area (Å²) in [5.74, 6) is -1.70. The largest absolute Gasteiger partial charge is 0.462 e. The van der Waals surface area contributed by atoms with Gasteiger partial charge in [-0.15, -0.1) is 0 Å². The molecule has 4 rings (SSSR count). The molecule has 5 N–H and O–H groups in total. The van der Waals surface area contributed by atoms with Crippen molar-refractivity contribution in [2.24, 2.45) is 0 Å². The number of imidazole rings is 1. The van der Waals surface area contributed by atoms with Gasteiger partial charge in [-0.1, -0.05) is 43.3 Å². The number of ether oxygens (including phenoxy) is 1. The maximum Gasteiger partial charge on any atom is 0.462 e. The average Bonchev–Trinajstić information content (AvgIpc) is 3.25. The van der Waals surface area contributed by atoms with E-state index in [0.29, 0.717) is 35.5 Å². The third-order valence-electron chi connectivity index (χ3n) is 6.02. The summed E-state index contributed by atoms with van der Waals surface area (Å²) < 4.78 is 32.7. The number of rotatable bonds is 13. The van der Waals surface area contributed by atoms with Gasteiger partial charge in [0.15, 0.2) is 11.6 Å². The van der Waals surface area contributed by atoms with Crippen LogP contribution in [0.2, 0.25) is 0 Å². The molecule has 0 bridgehead atoms. The minimum Gasteiger partial charge on any atom is -0.462 e. The van der Waals surface area contributed by atoms with Gasteiger partial charge in [0.25, 0.3) is 0 Å². The zero-order valence-electron chi connectivity index (χ0n) is 23.8. The molecule has 1 unspecified atom stereocenters. The second-order valence-corrected chi connectivity index (χ2v) is 11.7. The van der Waals surface area contributed by atoms with Crippen molar-refractivity contribution < 1.29 is 28.3 Å². The Labute approximate surface area is 238 Å². The molecule has 0 aliphatic rings. The van der Waals surface area contributed by atoms with E-state index < -0.39 is 25.5 Å².